The fraction of sp³-hybridized carbons (Fsp3) is 0.300. The first kappa shape index (κ1) is 20.5. The Bertz CT molecular complexity index is 962. The number of benzene rings is 1. The van der Waals surface area contributed by atoms with Crippen molar-refractivity contribution >= 4 is 11.6 Å². The van der Waals surface area contributed by atoms with E-state index in [1.807, 2.05) is 11.9 Å². The molecule has 0 radical (unpaired) electrons. The molecule has 2 aromatic heterocycles. The average Bonchev–Trinajstić information content (AvgIpc) is 2.67. The number of rotatable bonds is 6. The van der Waals surface area contributed by atoms with Crippen LogP contribution in [0.2, 0.25) is 0 Å². The lowest BCUT2D eigenvalue weighted by molar-refractivity contribution is -0.137. The number of halogens is 3. The highest BCUT2D eigenvalue weighted by Crippen LogP contribution is 2.31. The summed E-state index contributed by atoms with van der Waals surface area (Å²) in [6, 6.07) is 6.65. The maximum Gasteiger partial charge on any atom is 0.416 e. The smallest absolute Gasteiger partial charge is 0.363 e. The van der Waals surface area contributed by atoms with E-state index in [0.717, 1.165) is 17.8 Å². The predicted molar refractivity (Wildman–Crippen MR) is 104 cm³/mol. The summed E-state index contributed by atoms with van der Waals surface area (Å²) >= 11 is 0. The first-order chi connectivity index (χ1) is 13.7. The van der Waals surface area contributed by atoms with Gasteiger partial charge in [0.05, 0.1) is 24.0 Å². The van der Waals surface area contributed by atoms with Crippen LogP contribution in [0.5, 0.6) is 0 Å². The van der Waals surface area contributed by atoms with Gasteiger partial charge in [-0.1, -0.05) is 12.1 Å². The van der Waals surface area contributed by atoms with Crippen molar-refractivity contribution in [2.45, 2.75) is 32.6 Å². The first-order valence-corrected chi connectivity index (χ1v) is 8.98. The molecule has 2 heterocycles. The van der Waals surface area contributed by atoms with Crippen LogP contribution >= 0.6 is 0 Å². The van der Waals surface area contributed by atoms with Gasteiger partial charge in [-0.25, -0.2) is 9.97 Å². The van der Waals surface area contributed by atoms with Crippen molar-refractivity contribution in [1.29, 1.82) is 0 Å². The Morgan fingerprint density at radius 2 is 1.93 bits per heavy atom. The highest BCUT2D eigenvalue weighted by atomic mass is 19.4. The van der Waals surface area contributed by atoms with E-state index < -0.39 is 11.7 Å². The van der Waals surface area contributed by atoms with Crippen LogP contribution in [0.25, 0.3) is 0 Å². The van der Waals surface area contributed by atoms with Gasteiger partial charge in [0.1, 0.15) is 17.5 Å². The normalized spacial score (nSPS) is 12.5. The quantitative estimate of drug-likeness (QED) is 0.659. The second-order valence-corrected chi connectivity index (χ2v) is 6.70. The van der Waals surface area contributed by atoms with E-state index in [1.54, 1.807) is 44.6 Å². The molecular formula is C20H21F3N6. The van der Waals surface area contributed by atoms with Crippen LogP contribution in [-0.2, 0) is 12.7 Å². The molecule has 1 atom stereocenters. The van der Waals surface area contributed by atoms with E-state index in [4.69, 9.17) is 0 Å². The standard InChI is InChI=1S/C20H21F3N6/c1-13(15-5-4-6-16(9-15)20(21,22)23)26-18-10-19(28-14(2)27-18)29(3)12-17-11-24-7-8-25-17/h4-11,13H,12H2,1-3H3,(H,26,27,28). The minimum atomic E-state index is -4.38. The zero-order chi connectivity index (χ0) is 21.0. The molecule has 3 aromatic rings. The van der Waals surface area contributed by atoms with Crippen molar-refractivity contribution < 1.29 is 13.2 Å². The minimum Gasteiger partial charge on any atom is -0.363 e. The van der Waals surface area contributed by atoms with Gasteiger partial charge >= 0.3 is 6.18 Å². The summed E-state index contributed by atoms with van der Waals surface area (Å²) in [7, 11) is 1.87. The Morgan fingerprint density at radius 1 is 1.14 bits per heavy atom. The van der Waals surface area contributed by atoms with Crippen LogP contribution in [0, 0.1) is 6.92 Å². The summed E-state index contributed by atoms with van der Waals surface area (Å²) < 4.78 is 38.9. The van der Waals surface area contributed by atoms with Gasteiger partial charge in [-0.2, -0.15) is 13.2 Å². The van der Waals surface area contributed by atoms with Gasteiger partial charge in [0.25, 0.3) is 0 Å². The zero-order valence-corrected chi connectivity index (χ0v) is 16.3. The molecule has 0 bridgehead atoms. The van der Waals surface area contributed by atoms with Crippen molar-refractivity contribution in [1.82, 2.24) is 19.9 Å². The number of hydrogen-bond donors (Lipinski definition) is 1. The molecule has 0 aliphatic carbocycles. The largest absolute Gasteiger partial charge is 0.416 e. The Morgan fingerprint density at radius 3 is 2.62 bits per heavy atom. The van der Waals surface area contributed by atoms with E-state index in [0.29, 0.717) is 29.6 Å². The molecule has 3 rings (SSSR count). The second-order valence-electron chi connectivity index (χ2n) is 6.70. The highest BCUT2D eigenvalue weighted by molar-refractivity contribution is 5.50. The van der Waals surface area contributed by atoms with Crippen molar-refractivity contribution in [2.75, 3.05) is 17.3 Å². The van der Waals surface area contributed by atoms with Gasteiger partial charge < -0.3 is 10.2 Å². The third-order valence-corrected chi connectivity index (χ3v) is 4.31. The van der Waals surface area contributed by atoms with Crippen molar-refractivity contribution in [3.63, 3.8) is 0 Å². The maximum atomic E-state index is 13.0. The first-order valence-electron chi connectivity index (χ1n) is 8.98. The lowest BCUT2D eigenvalue weighted by Crippen LogP contribution is -2.20. The Labute approximate surface area is 166 Å². The van der Waals surface area contributed by atoms with Crippen LogP contribution < -0.4 is 10.2 Å². The highest BCUT2D eigenvalue weighted by Gasteiger charge is 2.30. The zero-order valence-electron chi connectivity index (χ0n) is 16.3. The van der Waals surface area contributed by atoms with Crippen molar-refractivity contribution in [3.8, 4) is 0 Å². The third kappa shape index (κ3) is 5.40. The van der Waals surface area contributed by atoms with Crippen LogP contribution in [0.4, 0.5) is 24.8 Å². The van der Waals surface area contributed by atoms with E-state index in [2.05, 4.69) is 25.3 Å². The number of aromatic nitrogens is 4. The van der Waals surface area contributed by atoms with Crippen LogP contribution in [0.15, 0.2) is 48.9 Å². The van der Waals surface area contributed by atoms with E-state index >= 15 is 0 Å². The summed E-state index contributed by atoms with van der Waals surface area (Å²) in [5.74, 6) is 1.75. The molecule has 1 unspecified atom stereocenters. The van der Waals surface area contributed by atoms with E-state index in [1.165, 1.54) is 6.07 Å². The van der Waals surface area contributed by atoms with Crippen LogP contribution in [0.3, 0.4) is 0 Å². The summed E-state index contributed by atoms with van der Waals surface area (Å²) in [5, 5.41) is 3.16. The molecule has 152 valence electrons. The molecule has 0 amide bonds. The molecule has 6 nitrogen and oxygen atoms in total. The SMILES string of the molecule is Cc1nc(NC(C)c2cccc(C(F)(F)F)c2)cc(N(C)Cc2cnccn2)n1. The van der Waals surface area contributed by atoms with E-state index in [-0.39, 0.29) is 6.04 Å². The van der Waals surface area contributed by atoms with Gasteiger partial charge in [-0.3, -0.25) is 9.97 Å². The Balaban J connectivity index is 1.77. The second kappa shape index (κ2) is 8.42. The summed E-state index contributed by atoms with van der Waals surface area (Å²) in [4.78, 5) is 19.0. The predicted octanol–water partition coefficient (Wildman–Crippen LogP) is 4.40. The number of anilines is 2. The summed E-state index contributed by atoms with van der Waals surface area (Å²) in [6.07, 6.45) is 0.532. The number of nitrogens with one attached hydrogen (secondary N) is 1. The van der Waals surface area contributed by atoms with Crippen molar-refractivity contribution in [3.05, 3.63) is 71.6 Å². The number of hydrogen-bond acceptors (Lipinski definition) is 6. The molecule has 0 saturated heterocycles. The molecule has 1 N–H and O–H groups in total. The summed E-state index contributed by atoms with van der Waals surface area (Å²) in [6.45, 7) is 4.06. The van der Waals surface area contributed by atoms with E-state index in [9.17, 15) is 13.2 Å². The number of aryl methyl sites for hydroxylation is 1. The molecule has 0 spiro atoms. The lowest BCUT2D eigenvalue weighted by atomic mass is 10.0. The maximum absolute atomic E-state index is 13.0. The van der Waals surface area contributed by atoms with Gasteiger partial charge in [0, 0.05) is 31.5 Å². The van der Waals surface area contributed by atoms with Gasteiger partial charge in [-0.05, 0) is 31.5 Å². The number of alkyl halides is 3. The van der Waals surface area contributed by atoms with Gasteiger partial charge in [-0.15, -0.1) is 0 Å². The monoisotopic (exact) mass is 402 g/mol. The average molecular weight is 402 g/mol. The Kier molecular flexibility index (Phi) is 5.95. The minimum absolute atomic E-state index is 0.371. The molecule has 1 aromatic carbocycles. The molecular weight excluding hydrogens is 381 g/mol. The fourth-order valence-electron chi connectivity index (χ4n) is 2.85. The molecule has 0 saturated carbocycles. The molecule has 0 aliphatic heterocycles. The van der Waals surface area contributed by atoms with Crippen molar-refractivity contribution in [2.24, 2.45) is 0 Å². The summed E-state index contributed by atoms with van der Waals surface area (Å²) in [5.41, 5.74) is 0.635. The molecule has 9 heteroatoms. The van der Waals surface area contributed by atoms with Crippen LogP contribution in [-0.4, -0.2) is 27.0 Å². The Hall–Kier alpha value is -3.23. The lowest BCUT2D eigenvalue weighted by Gasteiger charge is -2.21. The van der Waals surface area contributed by atoms with Gasteiger partial charge in [0.15, 0.2) is 0 Å². The topological polar surface area (TPSA) is 66.8 Å². The fourth-order valence-corrected chi connectivity index (χ4v) is 2.85. The third-order valence-electron chi connectivity index (χ3n) is 4.31. The molecule has 29 heavy (non-hydrogen) atoms. The molecule has 0 fully saturated rings. The number of nitrogens with zero attached hydrogens (tertiary/aromatic N) is 5. The van der Waals surface area contributed by atoms with Gasteiger partial charge in [0.2, 0.25) is 0 Å². The molecule has 0 aliphatic rings. The van der Waals surface area contributed by atoms with Crippen LogP contribution in [0.1, 0.15) is 35.6 Å².